The molecule has 0 radical (unpaired) electrons. The zero-order valence-corrected chi connectivity index (χ0v) is 11.8. The van der Waals surface area contributed by atoms with Crippen molar-refractivity contribution in [3.63, 3.8) is 0 Å². The normalized spacial score (nSPS) is 12.7. The molecule has 2 rings (SSSR count). The lowest BCUT2D eigenvalue weighted by atomic mass is 10.1. The molecule has 0 bridgehead atoms. The molecule has 0 saturated heterocycles. The number of fused-ring (bicyclic) bond motifs is 1. The van der Waals surface area contributed by atoms with Crippen molar-refractivity contribution in [3.8, 4) is 0 Å². The summed E-state index contributed by atoms with van der Waals surface area (Å²) in [5.41, 5.74) is 2.35. The fourth-order valence-corrected chi connectivity index (χ4v) is 2.44. The number of carbonyl (C=O) groups excluding carboxylic acids is 1. The van der Waals surface area contributed by atoms with Gasteiger partial charge in [-0.15, -0.1) is 0 Å². The van der Waals surface area contributed by atoms with E-state index in [1.807, 2.05) is 19.1 Å². The van der Waals surface area contributed by atoms with Crippen LogP contribution in [0.15, 0.2) is 26.8 Å². The van der Waals surface area contributed by atoms with E-state index in [2.05, 4.69) is 20.9 Å². The maximum absolute atomic E-state index is 11.5. The van der Waals surface area contributed by atoms with Crippen molar-refractivity contribution in [2.75, 3.05) is 0 Å². The summed E-state index contributed by atoms with van der Waals surface area (Å²) < 4.78 is 6.31. The number of benzene rings is 1. The summed E-state index contributed by atoms with van der Waals surface area (Å²) in [7, 11) is 0. The van der Waals surface area contributed by atoms with Gasteiger partial charge in [0.05, 0.1) is 4.47 Å². The molecular formula is C13H12BrNO3. The van der Waals surface area contributed by atoms with Gasteiger partial charge >= 0.3 is 0 Å². The minimum absolute atomic E-state index is 0.0955. The van der Waals surface area contributed by atoms with E-state index in [1.54, 1.807) is 0 Å². The van der Waals surface area contributed by atoms with E-state index >= 15 is 0 Å². The highest BCUT2D eigenvalue weighted by Crippen LogP contribution is 2.29. The number of Topliss-reactive ketones (excluding diaryl/α,β-unsaturated/α-hetero) is 1. The van der Waals surface area contributed by atoms with Gasteiger partial charge in [-0.1, -0.05) is 0 Å². The fraction of sp³-hybridized carbons (Fsp3) is 0.231. The van der Waals surface area contributed by atoms with Gasteiger partial charge in [0.1, 0.15) is 16.8 Å². The summed E-state index contributed by atoms with van der Waals surface area (Å²) in [6.07, 6.45) is 0. The van der Waals surface area contributed by atoms with E-state index in [4.69, 9.17) is 4.42 Å². The van der Waals surface area contributed by atoms with Crippen molar-refractivity contribution < 1.29 is 14.3 Å². The van der Waals surface area contributed by atoms with Crippen LogP contribution in [0.4, 0.5) is 0 Å². The first kappa shape index (κ1) is 12.8. The summed E-state index contributed by atoms with van der Waals surface area (Å²) in [4.78, 5) is 15.7. The van der Waals surface area contributed by atoms with Crippen LogP contribution in [0.1, 0.15) is 25.3 Å². The summed E-state index contributed by atoms with van der Waals surface area (Å²) in [5.74, 6) is -0.236. The van der Waals surface area contributed by atoms with E-state index in [0.29, 0.717) is 11.1 Å². The predicted molar refractivity (Wildman–Crippen MR) is 72.3 cm³/mol. The number of aliphatic hydroxyl groups excluding tert-OH is 1. The van der Waals surface area contributed by atoms with Crippen molar-refractivity contribution in [2.45, 2.75) is 20.8 Å². The molecule has 0 aliphatic carbocycles. The molecule has 2 aromatic rings. The van der Waals surface area contributed by atoms with Crippen molar-refractivity contribution in [1.29, 1.82) is 0 Å². The number of aliphatic hydroxyl groups is 1. The van der Waals surface area contributed by atoms with Gasteiger partial charge in [-0.3, -0.25) is 4.79 Å². The largest absolute Gasteiger partial charge is 0.512 e. The lowest BCUT2D eigenvalue weighted by Gasteiger charge is -1.98. The number of oxazole rings is 1. The molecule has 4 nitrogen and oxygen atoms in total. The van der Waals surface area contributed by atoms with Gasteiger partial charge in [-0.25, -0.2) is 4.98 Å². The summed E-state index contributed by atoms with van der Waals surface area (Å²) in [5, 5.41) is 9.53. The van der Waals surface area contributed by atoms with Crippen LogP contribution in [0.3, 0.4) is 0 Å². The first-order chi connectivity index (χ1) is 8.40. The topological polar surface area (TPSA) is 63.3 Å². The van der Waals surface area contributed by atoms with Gasteiger partial charge in [0.2, 0.25) is 5.89 Å². The molecule has 0 aliphatic heterocycles. The third-order valence-electron chi connectivity index (χ3n) is 2.52. The van der Waals surface area contributed by atoms with Crippen molar-refractivity contribution >= 4 is 38.4 Å². The second-order valence-corrected chi connectivity index (χ2v) is 4.98. The summed E-state index contributed by atoms with van der Waals surface area (Å²) >= 11 is 3.39. The zero-order valence-electron chi connectivity index (χ0n) is 10.2. The van der Waals surface area contributed by atoms with Crippen LogP contribution in [0.2, 0.25) is 0 Å². The number of halogens is 1. The molecule has 1 aromatic carbocycles. The molecule has 1 heterocycles. The molecule has 0 atom stereocenters. The third-order valence-corrected chi connectivity index (χ3v) is 3.11. The van der Waals surface area contributed by atoms with Crippen LogP contribution in [-0.2, 0) is 4.79 Å². The van der Waals surface area contributed by atoms with Crippen LogP contribution in [0, 0.1) is 6.92 Å². The van der Waals surface area contributed by atoms with E-state index in [0.717, 1.165) is 10.0 Å². The van der Waals surface area contributed by atoms with Gasteiger partial charge in [-0.05, 0) is 54.4 Å². The van der Waals surface area contributed by atoms with Gasteiger partial charge in [0, 0.05) is 0 Å². The Kier molecular flexibility index (Phi) is 3.26. The fourth-order valence-electron chi connectivity index (χ4n) is 1.79. The first-order valence-electron chi connectivity index (χ1n) is 5.38. The Bertz CT molecular complexity index is 666. The van der Waals surface area contributed by atoms with E-state index in [9.17, 15) is 9.90 Å². The van der Waals surface area contributed by atoms with E-state index < -0.39 is 0 Å². The van der Waals surface area contributed by atoms with Gasteiger partial charge in [-0.2, -0.15) is 0 Å². The SMILES string of the molecule is CC(=O)C(=C(C)O)c1nc2cc(C)cc(Br)c2o1. The molecule has 0 spiro atoms. The van der Waals surface area contributed by atoms with Gasteiger partial charge in [0.25, 0.3) is 0 Å². The van der Waals surface area contributed by atoms with Crippen molar-refractivity contribution in [2.24, 2.45) is 0 Å². The molecular weight excluding hydrogens is 298 g/mol. The molecule has 0 unspecified atom stereocenters. The molecule has 1 aromatic heterocycles. The number of aryl methyl sites for hydroxylation is 1. The Morgan fingerprint density at radius 2 is 2.06 bits per heavy atom. The van der Waals surface area contributed by atoms with Crippen LogP contribution in [0.5, 0.6) is 0 Å². The minimum Gasteiger partial charge on any atom is -0.512 e. The highest BCUT2D eigenvalue weighted by molar-refractivity contribution is 9.10. The molecule has 0 fully saturated rings. The smallest absolute Gasteiger partial charge is 0.234 e. The lowest BCUT2D eigenvalue weighted by Crippen LogP contribution is -1.99. The Labute approximate surface area is 112 Å². The zero-order chi connectivity index (χ0) is 13.4. The lowest BCUT2D eigenvalue weighted by molar-refractivity contribution is -0.112. The monoisotopic (exact) mass is 309 g/mol. The third kappa shape index (κ3) is 2.18. The number of rotatable bonds is 2. The number of ketones is 1. The minimum atomic E-state index is -0.283. The number of hydrogen-bond donors (Lipinski definition) is 1. The summed E-state index contributed by atoms with van der Waals surface area (Å²) in [6.45, 7) is 4.74. The Morgan fingerprint density at radius 1 is 1.39 bits per heavy atom. The number of aromatic nitrogens is 1. The molecule has 1 N–H and O–H groups in total. The van der Waals surface area contributed by atoms with Crippen LogP contribution in [0.25, 0.3) is 16.7 Å². The van der Waals surface area contributed by atoms with Gasteiger partial charge < -0.3 is 9.52 Å². The number of hydrogen-bond acceptors (Lipinski definition) is 4. The highest BCUT2D eigenvalue weighted by atomic mass is 79.9. The number of carbonyl (C=O) groups is 1. The van der Waals surface area contributed by atoms with E-state index in [1.165, 1.54) is 13.8 Å². The van der Waals surface area contributed by atoms with Crippen LogP contribution < -0.4 is 0 Å². The first-order valence-corrected chi connectivity index (χ1v) is 6.17. The average Bonchev–Trinajstić information content (AvgIpc) is 2.59. The second-order valence-electron chi connectivity index (χ2n) is 4.13. The standard InChI is InChI=1S/C13H12BrNO3/c1-6-4-9(14)12-10(5-6)15-13(18-12)11(7(2)16)8(3)17/h4-5,16H,1-3H3. The summed E-state index contributed by atoms with van der Waals surface area (Å²) in [6, 6.07) is 3.76. The molecule has 0 amide bonds. The quantitative estimate of drug-likeness (QED) is 0.677. The van der Waals surface area contributed by atoms with Crippen molar-refractivity contribution in [1.82, 2.24) is 4.98 Å². The Balaban J connectivity index is 2.71. The molecule has 18 heavy (non-hydrogen) atoms. The highest BCUT2D eigenvalue weighted by Gasteiger charge is 2.19. The van der Waals surface area contributed by atoms with E-state index in [-0.39, 0.29) is 23.0 Å². The maximum atomic E-state index is 11.5. The number of nitrogens with zero attached hydrogens (tertiary/aromatic N) is 1. The Morgan fingerprint density at radius 3 is 2.61 bits per heavy atom. The van der Waals surface area contributed by atoms with Crippen LogP contribution in [-0.4, -0.2) is 15.9 Å². The van der Waals surface area contributed by atoms with Crippen LogP contribution >= 0.6 is 15.9 Å². The second kappa shape index (κ2) is 4.57. The Hall–Kier alpha value is -1.62. The predicted octanol–water partition coefficient (Wildman–Crippen LogP) is 3.78. The maximum Gasteiger partial charge on any atom is 0.234 e. The molecule has 0 saturated carbocycles. The average molecular weight is 310 g/mol. The molecule has 0 aliphatic rings. The van der Waals surface area contributed by atoms with Crippen molar-refractivity contribution in [3.05, 3.63) is 33.8 Å². The molecule has 5 heteroatoms. The van der Waals surface area contributed by atoms with Gasteiger partial charge in [0.15, 0.2) is 11.4 Å². The number of allylic oxidation sites excluding steroid dienone is 2. The molecule has 94 valence electrons.